The fourth-order valence-corrected chi connectivity index (χ4v) is 4.87. The normalized spacial score (nSPS) is 19.2. The summed E-state index contributed by atoms with van der Waals surface area (Å²) in [7, 11) is -3.72. The molecule has 1 saturated carbocycles. The van der Waals surface area contributed by atoms with Crippen molar-refractivity contribution in [2.75, 3.05) is 0 Å². The zero-order chi connectivity index (χ0) is 19.9. The van der Waals surface area contributed by atoms with Crippen LogP contribution >= 0.6 is 11.6 Å². The van der Waals surface area contributed by atoms with E-state index in [1.165, 1.54) is 25.3 Å². The Morgan fingerprint density at radius 3 is 2.52 bits per heavy atom. The summed E-state index contributed by atoms with van der Waals surface area (Å²) in [6.07, 6.45) is 7.62. The highest BCUT2D eigenvalue weighted by molar-refractivity contribution is 7.89. The van der Waals surface area contributed by atoms with E-state index in [1.54, 1.807) is 31.3 Å². The Morgan fingerprint density at radius 2 is 1.89 bits per heavy atom. The molecule has 0 saturated heterocycles. The van der Waals surface area contributed by atoms with E-state index in [2.05, 4.69) is 20.0 Å². The van der Waals surface area contributed by atoms with Crippen LogP contribution in [0, 0.1) is 0 Å². The Bertz CT molecular complexity index is 774. The van der Waals surface area contributed by atoms with Crippen LogP contribution in [0.5, 0.6) is 0 Å². The molecule has 6 nitrogen and oxygen atoms in total. The van der Waals surface area contributed by atoms with Crippen LogP contribution in [0.4, 0.5) is 0 Å². The van der Waals surface area contributed by atoms with Crippen molar-refractivity contribution < 1.29 is 8.42 Å². The molecule has 8 heteroatoms. The number of halogens is 1. The molecule has 0 heterocycles. The SMILES string of the molecule is C/C=N\C(=N/[C@@H](C)C(C)NS(=O)(=O)c1ccccc1Cl)NC1CCCCC1. The van der Waals surface area contributed by atoms with Crippen molar-refractivity contribution in [2.24, 2.45) is 9.98 Å². The molecule has 0 aliphatic heterocycles. The lowest BCUT2D eigenvalue weighted by molar-refractivity contribution is 0.411. The zero-order valence-electron chi connectivity index (χ0n) is 16.2. The van der Waals surface area contributed by atoms with Crippen LogP contribution in [0.15, 0.2) is 39.1 Å². The van der Waals surface area contributed by atoms with E-state index < -0.39 is 16.1 Å². The van der Waals surface area contributed by atoms with Crippen molar-refractivity contribution in [3.63, 3.8) is 0 Å². The van der Waals surface area contributed by atoms with Gasteiger partial charge in [-0.25, -0.2) is 23.1 Å². The van der Waals surface area contributed by atoms with E-state index >= 15 is 0 Å². The quantitative estimate of drug-likeness (QED) is 0.551. The minimum atomic E-state index is -3.72. The lowest BCUT2D eigenvalue weighted by atomic mass is 9.96. The third-order valence-corrected chi connectivity index (χ3v) is 6.77. The van der Waals surface area contributed by atoms with Crippen LogP contribution in [0.3, 0.4) is 0 Å². The van der Waals surface area contributed by atoms with Gasteiger partial charge >= 0.3 is 0 Å². The Hall–Kier alpha value is -1.44. The van der Waals surface area contributed by atoms with Gasteiger partial charge in [0.05, 0.1) is 11.1 Å². The van der Waals surface area contributed by atoms with Crippen molar-refractivity contribution in [1.29, 1.82) is 0 Å². The molecular weight excluding hydrogens is 384 g/mol. The summed E-state index contributed by atoms with van der Waals surface area (Å²) in [6.45, 7) is 5.50. The number of guanidine groups is 1. The van der Waals surface area contributed by atoms with Crippen molar-refractivity contribution in [3.8, 4) is 0 Å². The second-order valence-electron chi connectivity index (χ2n) is 6.90. The number of hydrogen-bond acceptors (Lipinski definition) is 3. The summed E-state index contributed by atoms with van der Waals surface area (Å²) in [6, 6.07) is 6.06. The molecule has 1 fully saturated rings. The number of aliphatic imine (C=N–C) groups is 2. The van der Waals surface area contributed by atoms with Gasteiger partial charge in [-0.3, -0.25) is 0 Å². The van der Waals surface area contributed by atoms with Gasteiger partial charge in [-0.1, -0.05) is 43.0 Å². The lowest BCUT2D eigenvalue weighted by Gasteiger charge is -2.24. The second kappa shape index (κ2) is 10.2. The number of nitrogens with zero attached hydrogens (tertiary/aromatic N) is 2. The molecular formula is C19H29ClN4O2S. The maximum Gasteiger partial charge on any atom is 0.242 e. The van der Waals surface area contributed by atoms with Crippen molar-refractivity contribution in [3.05, 3.63) is 29.3 Å². The van der Waals surface area contributed by atoms with Gasteiger partial charge in [-0.15, -0.1) is 0 Å². The summed E-state index contributed by atoms with van der Waals surface area (Å²) in [5.74, 6) is 0.556. The van der Waals surface area contributed by atoms with Gasteiger partial charge < -0.3 is 5.32 Å². The Morgan fingerprint density at radius 1 is 1.22 bits per heavy atom. The average Bonchev–Trinajstić information content (AvgIpc) is 2.62. The maximum atomic E-state index is 12.6. The van der Waals surface area contributed by atoms with Crippen molar-refractivity contribution in [1.82, 2.24) is 10.0 Å². The molecule has 27 heavy (non-hydrogen) atoms. The summed E-state index contributed by atoms with van der Waals surface area (Å²) in [5, 5.41) is 3.60. The molecule has 1 aromatic carbocycles. The number of nitrogens with one attached hydrogen (secondary N) is 2. The average molecular weight is 413 g/mol. The van der Waals surface area contributed by atoms with Gasteiger partial charge in [0, 0.05) is 18.3 Å². The molecule has 1 aliphatic rings. The molecule has 0 radical (unpaired) electrons. The molecule has 1 aliphatic carbocycles. The number of rotatable bonds is 6. The Labute approximate surface area is 167 Å². The Kier molecular flexibility index (Phi) is 8.26. The molecule has 0 amide bonds. The highest BCUT2D eigenvalue weighted by atomic mass is 35.5. The molecule has 1 aromatic rings. The maximum absolute atomic E-state index is 12.6. The molecule has 2 rings (SSSR count). The van der Waals surface area contributed by atoms with E-state index in [1.807, 2.05) is 13.8 Å². The van der Waals surface area contributed by atoms with Crippen LogP contribution in [0.2, 0.25) is 5.02 Å². The van der Waals surface area contributed by atoms with E-state index in [0.717, 1.165) is 12.8 Å². The minimum absolute atomic E-state index is 0.0711. The van der Waals surface area contributed by atoms with Crippen LogP contribution in [-0.4, -0.2) is 38.7 Å². The molecule has 2 atom stereocenters. The van der Waals surface area contributed by atoms with Gasteiger partial charge in [0.25, 0.3) is 0 Å². The van der Waals surface area contributed by atoms with Gasteiger partial charge in [0.2, 0.25) is 16.0 Å². The second-order valence-corrected chi connectivity index (χ2v) is 8.99. The van der Waals surface area contributed by atoms with Gasteiger partial charge in [-0.05, 0) is 45.7 Å². The molecule has 0 bridgehead atoms. The first-order valence-corrected chi connectivity index (χ1v) is 11.3. The van der Waals surface area contributed by atoms with Gasteiger partial charge in [-0.2, -0.15) is 0 Å². The first-order chi connectivity index (χ1) is 12.8. The third kappa shape index (κ3) is 6.59. The highest BCUT2D eigenvalue weighted by Gasteiger charge is 2.23. The van der Waals surface area contributed by atoms with Gasteiger partial charge in [0.15, 0.2) is 0 Å². The van der Waals surface area contributed by atoms with Crippen molar-refractivity contribution in [2.45, 2.75) is 75.9 Å². The molecule has 150 valence electrons. The van der Waals surface area contributed by atoms with E-state index in [-0.39, 0.29) is 16.0 Å². The number of sulfonamides is 1. The topological polar surface area (TPSA) is 82.9 Å². The van der Waals surface area contributed by atoms with E-state index in [9.17, 15) is 8.42 Å². The predicted molar refractivity (Wildman–Crippen MR) is 112 cm³/mol. The largest absolute Gasteiger partial charge is 0.352 e. The first-order valence-electron chi connectivity index (χ1n) is 9.43. The third-order valence-electron chi connectivity index (χ3n) is 4.71. The van der Waals surface area contributed by atoms with E-state index in [4.69, 9.17) is 11.6 Å². The number of benzene rings is 1. The predicted octanol–water partition coefficient (Wildman–Crippen LogP) is 3.76. The van der Waals surface area contributed by atoms with Crippen LogP contribution < -0.4 is 10.0 Å². The molecule has 0 spiro atoms. The fourth-order valence-electron chi connectivity index (χ4n) is 3.03. The summed E-state index contributed by atoms with van der Waals surface area (Å²) < 4.78 is 27.9. The summed E-state index contributed by atoms with van der Waals surface area (Å²) in [5.41, 5.74) is 0. The standard InChI is InChI=1S/C19H29ClN4O2S/c1-4-21-19(23-16-10-6-5-7-11-16)22-14(2)15(3)24-27(25,26)18-13-9-8-12-17(18)20/h4,8-9,12-16,24H,5-7,10-11H2,1-3H3,(H,22,23)/b21-4-/t14-,15?/m0/s1. The molecule has 2 N–H and O–H groups in total. The fraction of sp³-hybridized carbons (Fsp3) is 0.579. The zero-order valence-corrected chi connectivity index (χ0v) is 17.7. The summed E-state index contributed by atoms with van der Waals surface area (Å²) >= 11 is 6.03. The molecule has 0 aromatic heterocycles. The van der Waals surface area contributed by atoms with Crippen LogP contribution in [-0.2, 0) is 10.0 Å². The van der Waals surface area contributed by atoms with Crippen molar-refractivity contribution >= 4 is 33.8 Å². The minimum Gasteiger partial charge on any atom is -0.352 e. The summed E-state index contributed by atoms with van der Waals surface area (Å²) in [4.78, 5) is 9.00. The monoisotopic (exact) mass is 412 g/mol. The number of hydrogen-bond donors (Lipinski definition) is 2. The van der Waals surface area contributed by atoms with Gasteiger partial charge in [0.1, 0.15) is 4.90 Å². The van der Waals surface area contributed by atoms with Crippen LogP contribution in [0.25, 0.3) is 0 Å². The Balaban J connectivity index is 2.08. The highest BCUT2D eigenvalue weighted by Crippen LogP contribution is 2.21. The van der Waals surface area contributed by atoms with E-state index in [0.29, 0.717) is 12.0 Å². The van der Waals surface area contributed by atoms with Crippen LogP contribution in [0.1, 0.15) is 52.9 Å². The first kappa shape index (κ1) is 21.9. The lowest BCUT2D eigenvalue weighted by Crippen LogP contribution is -2.41. The smallest absolute Gasteiger partial charge is 0.242 e. The molecule has 1 unspecified atom stereocenters.